The summed E-state index contributed by atoms with van der Waals surface area (Å²) in [5.41, 5.74) is 0. The molecule has 0 spiro atoms. The molecule has 0 aliphatic carbocycles. The first kappa shape index (κ1) is 21.2. The van der Waals surface area contributed by atoms with Crippen molar-refractivity contribution in [2.24, 2.45) is 0 Å². The van der Waals surface area contributed by atoms with E-state index in [9.17, 15) is 9.59 Å². The molecule has 0 rings (SSSR count). The molecule has 0 aromatic rings. The molecule has 104 valence electrons. The Hall–Kier alpha value is -1.10. The normalized spacial score (nSPS) is 7.88. The molecule has 2 amide bonds. The van der Waals surface area contributed by atoms with Gasteiger partial charge in [0.15, 0.2) is 0 Å². The molecule has 0 fully saturated rings. The zero-order valence-electron chi connectivity index (χ0n) is 12.1. The number of hydrogen-bond acceptors (Lipinski definition) is 3. The zero-order chi connectivity index (χ0) is 14.1. The van der Waals surface area contributed by atoms with Crippen molar-refractivity contribution in [3.05, 3.63) is 0 Å². The van der Waals surface area contributed by atoms with Crippen LogP contribution in [0.4, 0.5) is 0 Å². The summed E-state index contributed by atoms with van der Waals surface area (Å²) in [4.78, 5) is 21.7. The number of carbonyl (C=O) groups excluding carboxylic acids is 2. The molecule has 0 unspecified atom stereocenters. The van der Waals surface area contributed by atoms with Crippen molar-refractivity contribution in [1.82, 2.24) is 16.0 Å². The topological polar surface area (TPSA) is 70.2 Å². The molecule has 0 saturated carbocycles. The molecule has 0 aliphatic rings. The first-order chi connectivity index (χ1) is 8.20. The molecule has 5 nitrogen and oxygen atoms in total. The number of hydrogen-bond donors (Lipinski definition) is 3. The fourth-order valence-electron chi connectivity index (χ4n) is 0.767. The summed E-state index contributed by atoms with van der Waals surface area (Å²) in [6.07, 6.45) is 0.784. The lowest BCUT2D eigenvalue weighted by atomic mass is 10.3. The predicted molar refractivity (Wildman–Crippen MR) is 72.9 cm³/mol. The van der Waals surface area contributed by atoms with Gasteiger partial charge in [-0.05, 0) is 7.05 Å². The quantitative estimate of drug-likeness (QED) is 0.653. The summed E-state index contributed by atoms with van der Waals surface area (Å²) < 4.78 is 0. The minimum atomic E-state index is -0.0612. The van der Waals surface area contributed by atoms with Crippen molar-refractivity contribution in [3.8, 4) is 0 Å². The van der Waals surface area contributed by atoms with Crippen LogP contribution in [0.3, 0.4) is 0 Å². The van der Waals surface area contributed by atoms with Crippen LogP contribution in [-0.2, 0) is 9.59 Å². The highest BCUT2D eigenvalue weighted by atomic mass is 16.2. The molecule has 17 heavy (non-hydrogen) atoms. The average molecular weight is 247 g/mol. The molecular weight excluding hydrogens is 218 g/mol. The molecule has 3 N–H and O–H groups in total. The third-order valence-electron chi connectivity index (χ3n) is 1.56. The average Bonchev–Trinajstić information content (AvgIpc) is 2.40. The standard InChI is InChI=1S/C8H17N3O2.2C2H6/c1-9-5-3-8(13)11-6-4-7(12)10-2;2*1-2/h9H,3-6H2,1-2H3,(H,10,12)(H,11,13);2*1-2H3. The van der Waals surface area contributed by atoms with Crippen molar-refractivity contribution in [1.29, 1.82) is 0 Å². The molecule has 0 aliphatic heterocycles. The van der Waals surface area contributed by atoms with E-state index in [0.29, 0.717) is 25.9 Å². The summed E-state index contributed by atoms with van der Waals surface area (Å²) in [5, 5.41) is 7.99. The van der Waals surface area contributed by atoms with E-state index < -0.39 is 0 Å². The van der Waals surface area contributed by atoms with Gasteiger partial charge in [0.1, 0.15) is 0 Å². The monoisotopic (exact) mass is 247 g/mol. The van der Waals surface area contributed by atoms with Crippen molar-refractivity contribution >= 4 is 11.8 Å². The Labute approximate surface area is 106 Å². The van der Waals surface area contributed by atoms with Gasteiger partial charge in [0.2, 0.25) is 11.8 Å². The van der Waals surface area contributed by atoms with Crippen LogP contribution in [0.5, 0.6) is 0 Å². The Bertz CT molecular complexity index is 173. The number of amides is 2. The van der Waals surface area contributed by atoms with E-state index in [1.54, 1.807) is 14.1 Å². The maximum absolute atomic E-state index is 11.0. The van der Waals surface area contributed by atoms with Crippen LogP contribution in [-0.4, -0.2) is 39.0 Å². The first-order valence-electron chi connectivity index (χ1n) is 6.32. The lowest BCUT2D eigenvalue weighted by molar-refractivity contribution is -0.122. The summed E-state index contributed by atoms with van der Waals surface area (Å²) in [6, 6.07) is 0. The number of nitrogens with one attached hydrogen (secondary N) is 3. The third-order valence-corrected chi connectivity index (χ3v) is 1.56. The number of carbonyl (C=O) groups is 2. The van der Waals surface area contributed by atoms with Gasteiger partial charge < -0.3 is 16.0 Å². The Morgan fingerprint density at radius 2 is 1.29 bits per heavy atom. The van der Waals surface area contributed by atoms with Gasteiger partial charge in [0.05, 0.1) is 0 Å². The highest BCUT2D eigenvalue weighted by Gasteiger charge is 2.01. The smallest absolute Gasteiger partial charge is 0.221 e. The minimum Gasteiger partial charge on any atom is -0.359 e. The molecule has 0 radical (unpaired) electrons. The third kappa shape index (κ3) is 20.9. The highest BCUT2D eigenvalue weighted by molar-refractivity contribution is 5.78. The van der Waals surface area contributed by atoms with E-state index in [2.05, 4.69) is 16.0 Å². The van der Waals surface area contributed by atoms with Crippen LogP contribution in [0.1, 0.15) is 40.5 Å². The van der Waals surface area contributed by atoms with Crippen molar-refractivity contribution in [2.45, 2.75) is 40.5 Å². The SMILES string of the molecule is CC.CC.CNCCC(=O)NCCC(=O)NC. The Balaban J connectivity index is -0.000000439. The Morgan fingerprint density at radius 3 is 1.71 bits per heavy atom. The number of rotatable bonds is 6. The van der Waals surface area contributed by atoms with Crippen LogP contribution < -0.4 is 16.0 Å². The fraction of sp³-hybridized carbons (Fsp3) is 0.833. The van der Waals surface area contributed by atoms with Crippen LogP contribution in [0.2, 0.25) is 0 Å². The first-order valence-corrected chi connectivity index (χ1v) is 6.32. The second-order valence-corrected chi connectivity index (χ2v) is 2.63. The summed E-state index contributed by atoms with van der Waals surface area (Å²) in [7, 11) is 3.36. The van der Waals surface area contributed by atoms with Gasteiger partial charge in [-0.1, -0.05) is 27.7 Å². The molecule has 0 bridgehead atoms. The Kier molecular flexibility index (Phi) is 25.4. The minimum absolute atomic E-state index is 0.0294. The van der Waals surface area contributed by atoms with Crippen molar-refractivity contribution in [3.63, 3.8) is 0 Å². The van der Waals surface area contributed by atoms with Gasteiger partial charge in [-0.15, -0.1) is 0 Å². The maximum atomic E-state index is 11.0. The highest BCUT2D eigenvalue weighted by Crippen LogP contribution is 1.79. The fourth-order valence-corrected chi connectivity index (χ4v) is 0.767. The molecule has 0 saturated heterocycles. The lowest BCUT2D eigenvalue weighted by Crippen LogP contribution is -2.30. The van der Waals surface area contributed by atoms with E-state index in [-0.39, 0.29) is 11.8 Å². The second-order valence-electron chi connectivity index (χ2n) is 2.63. The van der Waals surface area contributed by atoms with E-state index in [1.807, 2.05) is 27.7 Å². The molecule has 0 heterocycles. The molecular formula is C12H29N3O2. The van der Waals surface area contributed by atoms with Crippen molar-refractivity contribution < 1.29 is 9.59 Å². The second kappa shape index (κ2) is 20.3. The van der Waals surface area contributed by atoms with Crippen LogP contribution >= 0.6 is 0 Å². The maximum Gasteiger partial charge on any atom is 0.221 e. The van der Waals surface area contributed by atoms with Gasteiger partial charge in [-0.25, -0.2) is 0 Å². The van der Waals surface area contributed by atoms with Gasteiger partial charge in [0.25, 0.3) is 0 Å². The zero-order valence-corrected chi connectivity index (χ0v) is 12.1. The summed E-state index contributed by atoms with van der Waals surface area (Å²) in [6.45, 7) is 9.06. The largest absolute Gasteiger partial charge is 0.359 e. The van der Waals surface area contributed by atoms with Crippen LogP contribution in [0.25, 0.3) is 0 Å². The van der Waals surface area contributed by atoms with Crippen molar-refractivity contribution in [2.75, 3.05) is 27.2 Å². The van der Waals surface area contributed by atoms with Gasteiger partial charge in [-0.3, -0.25) is 9.59 Å². The molecule has 0 aromatic carbocycles. The molecule has 5 heteroatoms. The molecule has 0 atom stereocenters. The summed E-state index contributed by atoms with van der Waals surface area (Å²) >= 11 is 0. The lowest BCUT2D eigenvalue weighted by Gasteiger charge is -2.03. The van der Waals surface area contributed by atoms with E-state index in [4.69, 9.17) is 0 Å². The van der Waals surface area contributed by atoms with E-state index in [0.717, 1.165) is 0 Å². The van der Waals surface area contributed by atoms with Gasteiger partial charge >= 0.3 is 0 Å². The van der Waals surface area contributed by atoms with Gasteiger partial charge in [0, 0.05) is 33.0 Å². The van der Waals surface area contributed by atoms with E-state index in [1.165, 1.54) is 0 Å². The van der Waals surface area contributed by atoms with Crippen LogP contribution in [0.15, 0.2) is 0 Å². The summed E-state index contributed by atoms with van der Waals surface area (Å²) in [5.74, 6) is -0.0906. The van der Waals surface area contributed by atoms with Crippen LogP contribution in [0, 0.1) is 0 Å². The molecule has 0 aromatic heterocycles. The predicted octanol–water partition coefficient (Wildman–Crippen LogP) is 0.901. The van der Waals surface area contributed by atoms with E-state index >= 15 is 0 Å². The Morgan fingerprint density at radius 1 is 0.824 bits per heavy atom. The van der Waals surface area contributed by atoms with Gasteiger partial charge in [-0.2, -0.15) is 0 Å².